The lowest BCUT2D eigenvalue weighted by Crippen LogP contribution is -2.42. The molecular formula is C12H12F3N3O2. The van der Waals surface area contributed by atoms with Gasteiger partial charge in [0.05, 0.1) is 11.1 Å². The van der Waals surface area contributed by atoms with Gasteiger partial charge >= 0.3 is 12.3 Å². The van der Waals surface area contributed by atoms with Crippen molar-refractivity contribution in [2.75, 3.05) is 6.67 Å². The molecule has 5 nitrogen and oxygen atoms in total. The van der Waals surface area contributed by atoms with E-state index in [4.69, 9.17) is 4.74 Å². The summed E-state index contributed by atoms with van der Waals surface area (Å²) in [6.45, 7) is 3.47. The van der Waals surface area contributed by atoms with E-state index in [1.807, 2.05) is 0 Å². The number of pyridine rings is 1. The van der Waals surface area contributed by atoms with Crippen LogP contribution in [-0.4, -0.2) is 34.6 Å². The highest BCUT2D eigenvalue weighted by molar-refractivity contribution is 6.02. The second-order valence-corrected chi connectivity index (χ2v) is 4.46. The van der Waals surface area contributed by atoms with Crippen LogP contribution in [-0.2, 0) is 10.9 Å². The van der Waals surface area contributed by atoms with Gasteiger partial charge in [0.15, 0.2) is 0 Å². The lowest BCUT2D eigenvalue weighted by Gasteiger charge is -2.28. The van der Waals surface area contributed by atoms with Gasteiger partial charge in [-0.25, -0.2) is 9.79 Å². The summed E-state index contributed by atoms with van der Waals surface area (Å²) in [5.41, 5.74) is -1.27. The largest absolute Gasteiger partial charge is 0.418 e. The van der Waals surface area contributed by atoms with Crippen molar-refractivity contribution in [2.24, 2.45) is 4.99 Å². The Balaban J connectivity index is 2.37. The summed E-state index contributed by atoms with van der Waals surface area (Å²) in [6, 6.07) is 0.671. The molecule has 0 saturated carbocycles. The fourth-order valence-corrected chi connectivity index (χ4v) is 1.70. The minimum atomic E-state index is -4.57. The summed E-state index contributed by atoms with van der Waals surface area (Å²) < 4.78 is 43.5. The molecule has 108 valence electrons. The molecule has 0 spiro atoms. The molecule has 8 heteroatoms. The third-order valence-corrected chi connectivity index (χ3v) is 2.77. The molecule has 0 aliphatic carbocycles. The summed E-state index contributed by atoms with van der Waals surface area (Å²) in [5, 5.41) is 0. The number of alkyl halides is 3. The van der Waals surface area contributed by atoms with Crippen molar-refractivity contribution in [3.8, 4) is 0 Å². The molecule has 0 atom stereocenters. The first-order valence-electron chi connectivity index (χ1n) is 5.85. The van der Waals surface area contributed by atoms with Gasteiger partial charge in [0.1, 0.15) is 6.67 Å². The molecule has 0 N–H and O–H groups in total. The number of aliphatic imine (C=N–C) groups is 1. The Morgan fingerprint density at radius 1 is 1.40 bits per heavy atom. The molecule has 0 bridgehead atoms. The van der Waals surface area contributed by atoms with Crippen molar-refractivity contribution < 1.29 is 22.7 Å². The number of hydrogen-bond donors (Lipinski definition) is 0. The predicted octanol–water partition coefficient (Wildman–Crippen LogP) is 2.67. The summed E-state index contributed by atoms with van der Waals surface area (Å²) >= 11 is 0. The molecule has 0 fully saturated rings. The van der Waals surface area contributed by atoms with Crippen LogP contribution in [0.15, 0.2) is 23.5 Å². The highest BCUT2D eigenvalue weighted by Crippen LogP contribution is 2.32. The molecule has 20 heavy (non-hydrogen) atoms. The van der Waals surface area contributed by atoms with Crippen LogP contribution >= 0.6 is 0 Å². The first-order chi connectivity index (χ1) is 9.30. The topological polar surface area (TPSA) is 54.8 Å². The maximum atomic E-state index is 12.9. The van der Waals surface area contributed by atoms with Gasteiger partial charge in [-0.05, 0) is 19.9 Å². The molecule has 1 amide bonds. The summed E-state index contributed by atoms with van der Waals surface area (Å²) in [5.74, 6) is -0.354. The van der Waals surface area contributed by atoms with Crippen LogP contribution < -0.4 is 0 Å². The maximum Gasteiger partial charge on any atom is 0.418 e. The van der Waals surface area contributed by atoms with Crippen LogP contribution in [0.4, 0.5) is 18.0 Å². The molecule has 1 aliphatic heterocycles. The highest BCUT2D eigenvalue weighted by atomic mass is 19.4. The van der Waals surface area contributed by atoms with Gasteiger partial charge in [0.2, 0.25) is 5.90 Å². The van der Waals surface area contributed by atoms with Crippen LogP contribution in [0.1, 0.15) is 25.0 Å². The van der Waals surface area contributed by atoms with Crippen molar-refractivity contribution in [1.29, 1.82) is 0 Å². The molecular weight excluding hydrogens is 275 g/mol. The van der Waals surface area contributed by atoms with E-state index in [1.165, 1.54) is 4.90 Å². The van der Waals surface area contributed by atoms with E-state index in [9.17, 15) is 18.0 Å². The number of carbonyl (C=O) groups excluding carboxylic acids is 1. The molecule has 1 aromatic rings. The van der Waals surface area contributed by atoms with Gasteiger partial charge in [-0.15, -0.1) is 0 Å². The molecule has 2 heterocycles. The highest BCUT2D eigenvalue weighted by Gasteiger charge is 2.36. The second-order valence-electron chi connectivity index (χ2n) is 4.46. The number of hydrogen-bond acceptors (Lipinski definition) is 4. The SMILES string of the molecule is CC(C)N1CN=C(c2cnccc2C(F)(F)F)OC1=O. The molecule has 0 aromatic carbocycles. The van der Waals surface area contributed by atoms with Gasteiger partial charge in [0, 0.05) is 18.4 Å². The molecule has 0 radical (unpaired) electrons. The van der Waals surface area contributed by atoms with Gasteiger partial charge in [-0.2, -0.15) is 13.2 Å². The van der Waals surface area contributed by atoms with Crippen LogP contribution in [0.3, 0.4) is 0 Å². The minimum Gasteiger partial charge on any atom is -0.391 e. The Labute approximate surface area is 113 Å². The van der Waals surface area contributed by atoms with E-state index in [1.54, 1.807) is 13.8 Å². The van der Waals surface area contributed by atoms with Crippen LogP contribution in [0, 0.1) is 0 Å². The van der Waals surface area contributed by atoms with E-state index in [0.717, 1.165) is 18.5 Å². The number of amides is 1. The van der Waals surface area contributed by atoms with Crippen LogP contribution in [0.2, 0.25) is 0 Å². The number of ether oxygens (including phenoxy) is 1. The van der Waals surface area contributed by atoms with Crippen LogP contribution in [0.5, 0.6) is 0 Å². The van der Waals surface area contributed by atoms with Gasteiger partial charge < -0.3 is 4.74 Å². The van der Waals surface area contributed by atoms with Crippen molar-refractivity contribution in [3.05, 3.63) is 29.6 Å². The van der Waals surface area contributed by atoms with E-state index < -0.39 is 17.8 Å². The van der Waals surface area contributed by atoms with Crippen LogP contribution in [0.25, 0.3) is 0 Å². The second kappa shape index (κ2) is 5.10. The fraction of sp³-hybridized carbons (Fsp3) is 0.417. The normalized spacial score (nSPS) is 16.2. The third kappa shape index (κ3) is 2.73. The molecule has 1 aliphatic rings. The first kappa shape index (κ1) is 14.3. The minimum absolute atomic E-state index is 0.0436. The smallest absolute Gasteiger partial charge is 0.391 e. The average Bonchev–Trinajstić information content (AvgIpc) is 2.37. The molecule has 1 aromatic heterocycles. The van der Waals surface area contributed by atoms with Crippen molar-refractivity contribution >= 4 is 12.0 Å². The number of nitrogens with zero attached hydrogens (tertiary/aromatic N) is 3. The Hall–Kier alpha value is -2.12. The zero-order chi connectivity index (χ0) is 14.9. The number of carbonyl (C=O) groups is 1. The average molecular weight is 287 g/mol. The quantitative estimate of drug-likeness (QED) is 0.840. The first-order valence-corrected chi connectivity index (χ1v) is 5.85. The number of halogens is 3. The zero-order valence-electron chi connectivity index (χ0n) is 10.8. The van der Waals surface area contributed by atoms with Gasteiger partial charge in [-0.3, -0.25) is 9.88 Å². The number of cyclic esters (lactones) is 1. The van der Waals surface area contributed by atoms with E-state index in [-0.39, 0.29) is 24.2 Å². The fourth-order valence-electron chi connectivity index (χ4n) is 1.70. The Morgan fingerprint density at radius 3 is 2.65 bits per heavy atom. The lowest BCUT2D eigenvalue weighted by atomic mass is 10.1. The molecule has 0 unspecified atom stereocenters. The Kier molecular flexibility index (Phi) is 3.65. The number of rotatable bonds is 2. The third-order valence-electron chi connectivity index (χ3n) is 2.77. The van der Waals surface area contributed by atoms with E-state index in [0.29, 0.717) is 0 Å². The standard InChI is InChI=1S/C12H12F3N3O2/c1-7(2)18-6-17-10(20-11(18)19)8-5-16-4-3-9(8)12(13,14)15/h3-5,7H,6H2,1-2H3. The van der Waals surface area contributed by atoms with E-state index in [2.05, 4.69) is 9.98 Å². The van der Waals surface area contributed by atoms with E-state index >= 15 is 0 Å². The lowest BCUT2D eigenvalue weighted by molar-refractivity contribution is -0.137. The molecule has 2 rings (SSSR count). The van der Waals surface area contributed by atoms with Crippen molar-refractivity contribution in [1.82, 2.24) is 9.88 Å². The van der Waals surface area contributed by atoms with Gasteiger partial charge in [0.25, 0.3) is 0 Å². The Bertz CT molecular complexity index is 555. The molecule has 0 saturated heterocycles. The summed E-state index contributed by atoms with van der Waals surface area (Å²) in [6.07, 6.45) is -3.28. The van der Waals surface area contributed by atoms with Gasteiger partial charge in [-0.1, -0.05) is 0 Å². The predicted molar refractivity (Wildman–Crippen MR) is 64.1 cm³/mol. The Morgan fingerprint density at radius 2 is 2.10 bits per heavy atom. The van der Waals surface area contributed by atoms with Crippen molar-refractivity contribution in [3.63, 3.8) is 0 Å². The summed E-state index contributed by atoms with van der Waals surface area (Å²) in [4.78, 5) is 20.5. The zero-order valence-corrected chi connectivity index (χ0v) is 10.8. The van der Waals surface area contributed by atoms with Crippen molar-refractivity contribution in [2.45, 2.75) is 26.1 Å². The monoisotopic (exact) mass is 287 g/mol. The number of aromatic nitrogens is 1. The maximum absolute atomic E-state index is 12.9. The summed E-state index contributed by atoms with van der Waals surface area (Å²) in [7, 11) is 0.